The normalized spacial score (nSPS) is 10.0. The van der Waals surface area contributed by atoms with Crippen molar-refractivity contribution in [2.45, 2.75) is 6.54 Å². The molecule has 5 heteroatoms. The van der Waals surface area contributed by atoms with Gasteiger partial charge >= 0.3 is 0 Å². The van der Waals surface area contributed by atoms with Gasteiger partial charge in [-0.05, 0) is 30.3 Å². The van der Waals surface area contributed by atoms with Crippen molar-refractivity contribution in [2.75, 3.05) is 11.1 Å². The number of anilines is 2. The topological polar surface area (TPSA) is 94.0 Å². The van der Waals surface area contributed by atoms with E-state index in [9.17, 15) is 4.79 Å². The van der Waals surface area contributed by atoms with Crippen LogP contribution < -0.4 is 16.8 Å². The van der Waals surface area contributed by atoms with Crippen LogP contribution in [0.2, 0.25) is 0 Å². The summed E-state index contributed by atoms with van der Waals surface area (Å²) in [6, 6.07) is 10.6. The predicted molar refractivity (Wildman–Crippen MR) is 70.9 cm³/mol. The van der Waals surface area contributed by atoms with Gasteiger partial charge in [-0.15, -0.1) is 0 Å². The minimum absolute atomic E-state index is 0.424. The Morgan fingerprint density at radius 2 is 2.11 bits per heavy atom. The summed E-state index contributed by atoms with van der Waals surface area (Å²) in [7, 11) is 0. The van der Waals surface area contributed by atoms with Gasteiger partial charge in [0.1, 0.15) is 0 Å². The summed E-state index contributed by atoms with van der Waals surface area (Å²) in [5, 5.41) is 3.13. The van der Waals surface area contributed by atoms with Gasteiger partial charge < -0.3 is 16.8 Å². The standard InChI is InChI=1S/C13H14N4O/c14-11-5-4-9(13(15)18)7-12(11)17-8-10-3-1-2-6-16-10/h1-7,17H,8,14H2,(H2,15,18). The number of aromatic nitrogens is 1. The second-order valence-electron chi connectivity index (χ2n) is 3.84. The molecular formula is C13H14N4O. The third kappa shape index (κ3) is 2.76. The van der Waals surface area contributed by atoms with Gasteiger partial charge in [0, 0.05) is 11.8 Å². The van der Waals surface area contributed by atoms with Gasteiger partial charge in [0.05, 0.1) is 23.6 Å². The lowest BCUT2D eigenvalue weighted by Crippen LogP contribution is -2.12. The summed E-state index contributed by atoms with van der Waals surface area (Å²) in [5.74, 6) is -0.476. The highest BCUT2D eigenvalue weighted by Crippen LogP contribution is 2.20. The van der Waals surface area contributed by atoms with Gasteiger partial charge in [0.25, 0.3) is 0 Å². The molecule has 0 aliphatic carbocycles. The van der Waals surface area contributed by atoms with Gasteiger partial charge in [0.15, 0.2) is 0 Å². The van der Waals surface area contributed by atoms with E-state index in [1.807, 2.05) is 18.2 Å². The minimum Gasteiger partial charge on any atom is -0.397 e. The molecule has 0 spiro atoms. The number of carbonyl (C=O) groups is 1. The monoisotopic (exact) mass is 242 g/mol. The summed E-state index contributed by atoms with van der Waals surface area (Å²) in [5.41, 5.74) is 13.6. The van der Waals surface area contributed by atoms with E-state index in [1.54, 1.807) is 24.4 Å². The Morgan fingerprint density at radius 3 is 2.78 bits per heavy atom. The summed E-state index contributed by atoms with van der Waals surface area (Å²) in [6.07, 6.45) is 1.72. The Hall–Kier alpha value is -2.56. The maximum atomic E-state index is 11.1. The van der Waals surface area contributed by atoms with Crippen molar-refractivity contribution in [3.63, 3.8) is 0 Å². The third-order valence-electron chi connectivity index (χ3n) is 2.52. The van der Waals surface area contributed by atoms with E-state index >= 15 is 0 Å². The van der Waals surface area contributed by atoms with Crippen LogP contribution in [0.3, 0.4) is 0 Å². The van der Waals surface area contributed by atoms with Crippen LogP contribution in [0.25, 0.3) is 0 Å². The molecule has 0 unspecified atom stereocenters. The molecule has 0 atom stereocenters. The first-order chi connectivity index (χ1) is 8.66. The van der Waals surface area contributed by atoms with Crippen molar-refractivity contribution >= 4 is 17.3 Å². The number of hydrogen-bond acceptors (Lipinski definition) is 4. The fourth-order valence-electron chi connectivity index (χ4n) is 1.55. The van der Waals surface area contributed by atoms with Crippen LogP contribution >= 0.6 is 0 Å². The van der Waals surface area contributed by atoms with Crippen LogP contribution in [0.4, 0.5) is 11.4 Å². The smallest absolute Gasteiger partial charge is 0.248 e. The van der Waals surface area contributed by atoms with Gasteiger partial charge in [-0.3, -0.25) is 9.78 Å². The fourth-order valence-corrected chi connectivity index (χ4v) is 1.55. The molecule has 5 N–H and O–H groups in total. The summed E-state index contributed by atoms with van der Waals surface area (Å²) in [6.45, 7) is 0.535. The zero-order chi connectivity index (χ0) is 13.0. The number of rotatable bonds is 4. The molecule has 5 nitrogen and oxygen atoms in total. The number of benzene rings is 1. The molecular weight excluding hydrogens is 228 g/mol. The van der Waals surface area contributed by atoms with E-state index in [0.29, 0.717) is 23.5 Å². The molecule has 1 amide bonds. The van der Waals surface area contributed by atoms with Crippen LogP contribution in [0.5, 0.6) is 0 Å². The van der Waals surface area contributed by atoms with Crippen LogP contribution in [0, 0.1) is 0 Å². The van der Waals surface area contributed by atoms with Crippen molar-refractivity contribution in [1.29, 1.82) is 0 Å². The minimum atomic E-state index is -0.476. The van der Waals surface area contributed by atoms with E-state index in [1.165, 1.54) is 0 Å². The number of primary amides is 1. The van der Waals surface area contributed by atoms with E-state index in [4.69, 9.17) is 11.5 Å². The Kier molecular flexibility index (Phi) is 3.43. The number of carbonyl (C=O) groups excluding carboxylic acids is 1. The van der Waals surface area contributed by atoms with E-state index in [-0.39, 0.29) is 0 Å². The zero-order valence-electron chi connectivity index (χ0n) is 9.76. The first-order valence-corrected chi connectivity index (χ1v) is 5.50. The molecule has 1 aromatic carbocycles. The first kappa shape index (κ1) is 11.9. The average Bonchev–Trinajstić information content (AvgIpc) is 2.38. The number of nitrogens with two attached hydrogens (primary N) is 2. The summed E-state index contributed by atoms with van der Waals surface area (Å²) < 4.78 is 0. The molecule has 2 aromatic rings. The van der Waals surface area contributed by atoms with Gasteiger partial charge in [-0.25, -0.2) is 0 Å². The second kappa shape index (κ2) is 5.18. The molecule has 1 heterocycles. The molecule has 0 saturated carbocycles. The predicted octanol–water partition coefficient (Wildman–Crippen LogP) is 1.37. The molecule has 0 radical (unpaired) electrons. The first-order valence-electron chi connectivity index (χ1n) is 5.50. The second-order valence-corrected chi connectivity index (χ2v) is 3.84. The van der Waals surface area contributed by atoms with Gasteiger partial charge in [0.2, 0.25) is 5.91 Å². The average molecular weight is 242 g/mol. The Balaban J connectivity index is 2.14. The highest BCUT2D eigenvalue weighted by molar-refractivity contribution is 5.94. The summed E-state index contributed by atoms with van der Waals surface area (Å²) in [4.78, 5) is 15.3. The fraction of sp³-hybridized carbons (Fsp3) is 0.0769. The van der Waals surface area contributed by atoms with Crippen molar-refractivity contribution in [3.8, 4) is 0 Å². The number of nitrogens with one attached hydrogen (secondary N) is 1. The molecule has 18 heavy (non-hydrogen) atoms. The molecule has 0 aliphatic rings. The van der Waals surface area contributed by atoms with E-state index < -0.39 is 5.91 Å². The lowest BCUT2D eigenvalue weighted by molar-refractivity contribution is 0.100. The number of nitrogens with zero attached hydrogens (tertiary/aromatic N) is 1. The Labute approximate surface area is 105 Å². The molecule has 0 bridgehead atoms. The number of nitrogen functional groups attached to an aromatic ring is 1. The van der Waals surface area contributed by atoms with Crippen molar-refractivity contribution in [2.24, 2.45) is 5.73 Å². The number of hydrogen-bond donors (Lipinski definition) is 3. The molecule has 0 fully saturated rings. The molecule has 92 valence electrons. The van der Waals surface area contributed by atoms with E-state index in [0.717, 1.165) is 5.69 Å². The quantitative estimate of drug-likeness (QED) is 0.706. The number of amides is 1. The van der Waals surface area contributed by atoms with Crippen molar-refractivity contribution in [3.05, 3.63) is 53.9 Å². The third-order valence-corrected chi connectivity index (χ3v) is 2.52. The molecule has 2 rings (SSSR count). The lowest BCUT2D eigenvalue weighted by atomic mass is 10.1. The number of pyridine rings is 1. The lowest BCUT2D eigenvalue weighted by Gasteiger charge is -2.10. The highest BCUT2D eigenvalue weighted by Gasteiger charge is 2.05. The molecule has 1 aromatic heterocycles. The van der Waals surface area contributed by atoms with Gasteiger partial charge in [-0.2, -0.15) is 0 Å². The summed E-state index contributed by atoms with van der Waals surface area (Å²) >= 11 is 0. The van der Waals surface area contributed by atoms with Crippen LogP contribution in [0.15, 0.2) is 42.6 Å². The van der Waals surface area contributed by atoms with Crippen molar-refractivity contribution < 1.29 is 4.79 Å². The molecule has 0 saturated heterocycles. The SMILES string of the molecule is NC(=O)c1ccc(N)c(NCc2ccccn2)c1. The van der Waals surface area contributed by atoms with Crippen LogP contribution in [0.1, 0.15) is 16.1 Å². The molecule has 0 aliphatic heterocycles. The highest BCUT2D eigenvalue weighted by atomic mass is 16.1. The maximum Gasteiger partial charge on any atom is 0.248 e. The van der Waals surface area contributed by atoms with Crippen molar-refractivity contribution in [1.82, 2.24) is 4.98 Å². The van der Waals surface area contributed by atoms with E-state index in [2.05, 4.69) is 10.3 Å². The Bertz CT molecular complexity index is 554. The Morgan fingerprint density at radius 1 is 1.28 bits per heavy atom. The zero-order valence-corrected chi connectivity index (χ0v) is 9.76. The largest absolute Gasteiger partial charge is 0.397 e. The maximum absolute atomic E-state index is 11.1. The van der Waals surface area contributed by atoms with Crippen LogP contribution in [-0.4, -0.2) is 10.9 Å². The van der Waals surface area contributed by atoms with Gasteiger partial charge in [-0.1, -0.05) is 6.07 Å². The van der Waals surface area contributed by atoms with Crippen LogP contribution in [-0.2, 0) is 6.54 Å².